The highest BCUT2D eigenvalue weighted by atomic mass is 16.3. The van der Waals surface area contributed by atoms with Crippen LogP contribution in [-0.4, -0.2) is 21.9 Å². The van der Waals surface area contributed by atoms with E-state index in [4.69, 9.17) is 0 Å². The summed E-state index contributed by atoms with van der Waals surface area (Å²) < 4.78 is 0. The minimum Gasteiger partial charge on any atom is -0.508 e. The monoisotopic (exact) mass is 257 g/mol. The molecule has 4 heteroatoms. The van der Waals surface area contributed by atoms with E-state index >= 15 is 0 Å². The Labute approximate surface area is 111 Å². The number of rotatable bonds is 1. The summed E-state index contributed by atoms with van der Waals surface area (Å²) in [4.78, 5) is 0. The molecule has 2 aromatic carbocycles. The standard InChI is InChI=1S/C15H15NO3/c17-9-5-6-10-12(7-9)14(19)8-16-15(10)11-3-1-2-4-13(11)18/h1-7,14-19H,8H2. The first-order valence-corrected chi connectivity index (χ1v) is 6.19. The number of benzene rings is 2. The summed E-state index contributed by atoms with van der Waals surface area (Å²) in [6.07, 6.45) is -0.649. The maximum Gasteiger partial charge on any atom is 0.120 e. The minimum atomic E-state index is -0.649. The van der Waals surface area contributed by atoms with Crippen LogP contribution in [0.3, 0.4) is 0 Å². The molecule has 0 saturated carbocycles. The number of aliphatic hydroxyl groups excluding tert-OH is 1. The molecule has 0 fully saturated rings. The lowest BCUT2D eigenvalue weighted by atomic mass is 9.88. The van der Waals surface area contributed by atoms with Crippen molar-refractivity contribution in [3.8, 4) is 11.5 Å². The quantitative estimate of drug-likeness (QED) is 0.629. The van der Waals surface area contributed by atoms with Gasteiger partial charge in [-0.3, -0.25) is 0 Å². The van der Waals surface area contributed by atoms with Crippen molar-refractivity contribution in [2.24, 2.45) is 0 Å². The maximum atomic E-state index is 9.98. The number of aromatic hydroxyl groups is 2. The molecule has 4 nitrogen and oxygen atoms in total. The zero-order valence-electron chi connectivity index (χ0n) is 10.2. The Morgan fingerprint density at radius 3 is 2.53 bits per heavy atom. The number of phenolic OH excluding ortho intramolecular Hbond substituents is 2. The van der Waals surface area contributed by atoms with Crippen molar-refractivity contribution in [3.05, 3.63) is 59.2 Å². The number of fused-ring (bicyclic) bond motifs is 1. The molecule has 1 aliphatic heterocycles. The average Bonchev–Trinajstić information content (AvgIpc) is 2.41. The van der Waals surface area contributed by atoms with Crippen molar-refractivity contribution in [1.82, 2.24) is 5.32 Å². The Kier molecular flexibility index (Phi) is 2.89. The van der Waals surface area contributed by atoms with Gasteiger partial charge in [-0.25, -0.2) is 0 Å². The molecule has 1 heterocycles. The van der Waals surface area contributed by atoms with E-state index < -0.39 is 6.10 Å². The van der Waals surface area contributed by atoms with Crippen LogP contribution in [0.4, 0.5) is 0 Å². The van der Waals surface area contributed by atoms with Gasteiger partial charge in [0.1, 0.15) is 11.5 Å². The molecule has 0 amide bonds. The van der Waals surface area contributed by atoms with Gasteiger partial charge >= 0.3 is 0 Å². The van der Waals surface area contributed by atoms with Crippen LogP contribution in [0.2, 0.25) is 0 Å². The van der Waals surface area contributed by atoms with Gasteiger partial charge < -0.3 is 20.6 Å². The fourth-order valence-electron chi connectivity index (χ4n) is 2.57. The molecule has 2 atom stereocenters. The van der Waals surface area contributed by atoms with Gasteiger partial charge in [-0.2, -0.15) is 0 Å². The zero-order valence-corrected chi connectivity index (χ0v) is 10.2. The van der Waals surface area contributed by atoms with E-state index in [2.05, 4.69) is 5.32 Å². The van der Waals surface area contributed by atoms with Gasteiger partial charge in [0.15, 0.2) is 0 Å². The van der Waals surface area contributed by atoms with Crippen LogP contribution in [0.5, 0.6) is 11.5 Å². The molecule has 1 aliphatic rings. The van der Waals surface area contributed by atoms with E-state index in [1.54, 1.807) is 30.3 Å². The Balaban J connectivity index is 2.12. The van der Waals surface area contributed by atoms with Gasteiger partial charge in [0.2, 0.25) is 0 Å². The molecule has 2 aromatic rings. The molecule has 0 saturated heterocycles. The third kappa shape index (κ3) is 2.05. The van der Waals surface area contributed by atoms with Crippen molar-refractivity contribution < 1.29 is 15.3 Å². The summed E-state index contributed by atoms with van der Waals surface area (Å²) in [6, 6.07) is 11.9. The average molecular weight is 257 g/mol. The first-order chi connectivity index (χ1) is 9.16. The highest BCUT2D eigenvalue weighted by Crippen LogP contribution is 2.37. The normalized spacial score (nSPS) is 21.9. The second kappa shape index (κ2) is 4.57. The van der Waals surface area contributed by atoms with Crippen molar-refractivity contribution in [3.63, 3.8) is 0 Å². The zero-order chi connectivity index (χ0) is 13.4. The lowest BCUT2D eigenvalue weighted by molar-refractivity contribution is 0.160. The molecular weight excluding hydrogens is 242 g/mol. The lowest BCUT2D eigenvalue weighted by Gasteiger charge is -2.31. The first kappa shape index (κ1) is 12.0. The van der Waals surface area contributed by atoms with E-state index in [1.807, 2.05) is 12.1 Å². The summed E-state index contributed by atoms with van der Waals surface area (Å²) in [6.45, 7) is 0.384. The Morgan fingerprint density at radius 2 is 1.74 bits per heavy atom. The topological polar surface area (TPSA) is 72.7 Å². The van der Waals surface area contributed by atoms with E-state index in [0.29, 0.717) is 12.1 Å². The highest BCUT2D eigenvalue weighted by molar-refractivity contribution is 5.47. The number of para-hydroxylation sites is 1. The summed E-state index contributed by atoms with van der Waals surface area (Å²) >= 11 is 0. The SMILES string of the molecule is Oc1ccc2c(c1)C(O)CNC2c1ccccc1O. The second-order valence-electron chi connectivity index (χ2n) is 4.73. The van der Waals surface area contributed by atoms with Crippen molar-refractivity contribution in [2.75, 3.05) is 6.54 Å². The molecule has 98 valence electrons. The summed E-state index contributed by atoms with van der Waals surface area (Å²) in [5, 5.41) is 32.7. The summed E-state index contributed by atoms with van der Waals surface area (Å²) in [5.74, 6) is 0.353. The Hall–Kier alpha value is -2.04. The first-order valence-electron chi connectivity index (χ1n) is 6.19. The van der Waals surface area contributed by atoms with Gasteiger partial charge in [0.25, 0.3) is 0 Å². The summed E-state index contributed by atoms with van der Waals surface area (Å²) in [5.41, 5.74) is 2.34. The molecule has 4 N–H and O–H groups in total. The van der Waals surface area contributed by atoms with Crippen molar-refractivity contribution in [2.45, 2.75) is 12.1 Å². The van der Waals surface area contributed by atoms with Gasteiger partial charge in [0, 0.05) is 12.1 Å². The van der Waals surface area contributed by atoms with Crippen LogP contribution in [0, 0.1) is 0 Å². The molecular formula is C15H15NO3. The van der Waals surface area contributed by atoms with Gasteiger partial charge in [0.05, 0.1) is 12.1 Å². The molecule has 3 rings (SSSR count). The molecule has 0 aromatic heterocycles. The molecule has 0 aliphatic carbocycles. The van der Waals surface area contributed by atoms with Gasteiger partial charge in [-0.05, 0) is 29.3 Å². The van der Waals surface area contributed by atoms with Gasteiger partial charge in [-0.15, -0.1) is 0 Å². The fraction of sp³-hybridized carbons (Fsp3) is 0.200. The summed E-state index contributed by atoms with van der Waals surface area (Å²) in [7, 11) is 0. The molecule has 19 heavy (non-hydrogen) atoms. The minimum absolute atomic E-state index is 0.135. The number of hydrogen-bond acceptors (Lipinski definition) is 4. The predicted molar refractivity (Wildman–Crippen MR) is 71.0 cm³/mol. The fourth-order valence-corrected chi connectivity index (χ4v) is 2.57. The van der Waals surface area contributed by atoms with Crippen LogP contribution in [0.1, 0.15) is 28.8 Å². The number of phenols is 2. The third-order valence-corrected chi connectivity index (χ3v) is 3.50. The predicted octanol–water partition coefficient (Wildman–Crippen LogP) is 1.82. The van der Waals surface area contributed by atoms with E-state index in [1.165, 1.54) is 0 Å². The molecule has 0 bridgehead atoms. The van der Waals surface area contributed by atoms with E-state index in [9.17, 15) is 15.3 Å². The van der Waals surface area contributed by atoms with E-state index in [-0.39, 0.29) is 17.5 Å². The second-order valence-corrected chi connectivity index (χ2v) is 4.73. The number of nitrogens with one attached hydrogen (secondary N) is 1. The smallest absolute Gasteiger partial charge is 0.120 e. The Morgan fingerprint density at radius 1 is 0.947 bits per heavy atom. The maximum absolute atomic E-state index is 9.98. The van der Waals surface area contributed by atoms with E-state index in [0.717, 1.165) is 11.1 Å². The highest BCUT2D eigenvalue weighted by Gasteiger charge is 2.28. The molecule has 0 radical (unpaired) electrons. The Bertz CT molecular complexity index is 612. The molecule has 0 spiro atoms. The van der Waals surface area contributed by atoms with Crippen LogP contribution in [-0.2, 0) is 0 Å². The van der Waals surface area contributed by atoms with Gasteiger partial charge in [-0.1, -0.05) is 24.3 Å². The van der Waals surface area contributed by atoms with Crippen LogP contribution in [0.25, 0.3) is 0 Å². The number of hydrogen-bond donors (Lipinski definition) is 4. The van der Waals surface area contributed by atoms with Crippen LogP contribution in [0.15, 0.2) is 42.5 Å². The largest absolute Gasteiger partial charge is 0.508 e. The van der Waals surface area contributed by atoms with Crippen LogP contribution < -0.4 is 5.32 Å². The van der Waals surface area contributed by atoms with Crippen molar-refractivity contribution >= 4 is 0 Å². The number of aliphatic hydroxyl groups is 1. The van der Waals surface area contributed by atoms with Crippen molar-refractivity contribution in [1.29, 1.82) is 0 Å². The van der Waals surface area contributed by atoms with Crippen LogP contribution >= 0.6 is 0 Å². The lowest BCUT2D eigenvalue weighted by Crippen LogP contribution is -2.33. The number of β-amino-alcohol motifs (C(OH)–C–C–N with tert-alkyl or cyclic N) is 1. The third-order valence-electron chi connectivity index (χ3n) is 3.50. The molecule has 2 unspecified atom stereocenters.